The topological polar surface area (TPSA) is 132 Å². The standard InChI is InChI=1S/C38H35F3N6O5/c1-3-26-29(40)8-5-21-12-25(48)13-27(31(21)26)33-32(41)34-28(15-42-33)35(44-37(43-34)52-19-38-9-4-10-46(38)16-22(39)14-38)45-17-23-6-7-24(18-45)47(23)30(49)11-20(2)36(50)51/h1,5,8,11-13,15,22-24,48H,4,6-7,9-10,14,16-19H2,2H3,(H,50,51)/b20-11-/t22-,23?,24?,38+/m1/s1. The zero-order valence-corrected chi connectivity index (χ0v) is 28.3. The Bertz CT molecular complexity index is 2230. The summed E-state index contributed by atoms with van der Waals surface area (Å²) in [4.78, 5) is 44.1. The molecule has 0 saturated carbocycles. The molecular weight excluding hydrogens is 677 g/mol. The highest BCUT2D eigenvalue weighted by atomic mass is 19.1. The molecule has 0 radical (unpaired) electrons. The van der Waals surface area contributed by atoms with Crippen molar-refractivity contribution in [2.75, 3.05) is 37.7 Å². The van der Waals surface area contributed by atoms with Crippen molar-refractivity contribution in [3.63, 3.8) is 0 Å². The number of aliphatic carboxylic acids is 1. The number of pyridine rings is 1. The number of carbonyl (C=O) groups excluding carboxylic acids is 1. The molecule has 2 unspecified atom stereocenters. The van der Waals surface area contributed by atoms with Gasteiger partial charge in [-0.05, 0) is 62.7 Å². The third kappa shape index (κ3) is 5.54. The van der Waals surface area contributed by atoms with Crippen molar-refractivity contribution >= 4 is 39.4 Å². The van der Waals surface area contributed by atoms with Crippen LogP contribution in [0.25, 0.3) is 32.9 Å². The van der Waals surface area contributed by atoms with Crippen molar-refractivity contribution in [2.45, 2.75) is 62.8 Å². The number of benzene rings is 2. The molecule has 2 aromatic carbocycles. The predicted molar refractivity (Wildman–Crippen MR) is 186 cm³/mol. The number of carboxylic acids is 1. The van der Waals surface area contributed by atoms with Crippen LogP contribution in [-0.4, -0.2) is 103 Å². The van der Waals surface area contributed by atoms with Gasteiger partial charge in [-0.25, -0.2) is 18.0 Å². The number of fused-ring (bicyclic) bond motifs is 5. The Morgan fingerprint density at radius 3 is 2.65 bits per heavy atom. The van der Waals surface area contributed by atoms with Gasteiger partial charge in [0.1, 0.15) is 41.4 Å². The second-order valence-electron chi connectivity index (χ2n) is 14.2. The monoisotopic (exact) mass is 712 g/mol. The summed E-state index contributed by atoms with van der Waals surface area (Å²) < 4.78 is 52.7. The summed E-state index contributed by atoms with van der Waals surface area (Å²) in [5.41, 5.74) is -0.991. The van der Waals surface area contributed by atoms with Gasteiger partial charge in [0.2, 0.25) is 5.91 Å². The zero-order valence-electron chi connectivity index (χ0n) is 28.3. The number of halogens is 3. The molecule has 0 aliphatic carbocycles. The Balaban J connectivity index is 1.23. The molecule has 2 bridgehead atoms. The van der Waals surface area contributed by atoms with E-state index < -0.39 is 29.3 Å². The number of anilines is 1. The Morgan fingerprint density at radius 1 is 1.15 bits per heavy atom. The Labute approximate surface area is 296 Å². The number of aromatic nitrogens is 3. The Hall–Kier alpha value is -5.42. The molecule has 6 heterocycles. The quantitative estimate of drug-likeness (QED) is 0.200. The van der Waals surface area contributed by atoms with Crippen LogP contribution < -0.4 is 9.64 Å². The normalized spacial score (nSPS) is 24.4. The van der Waals surface area contributed by atoms with E-state index in [1.54, 1.807) is 4.90 Å². The number of alkyl halides is 1. The molecule has 14 heteroatoms. The molecule has 52 heavy (non-hydrogen) atoms. The van der Waals surface area contributed by atoms with Crippen LogP contribution in [0, 0.1) is 24.0 Å². The number of hydrogen-bond acceptors (Lipinski definition) is 9. The molecule has 268 valence electrons. The van der Waals surface area contributed by atoms with E-state index in [1.165, 1.54) is 37.4 Å². The van der Waals surface area contributed by atoms with E-state index in [1.807, 2.05) is 4.90 Å². The first-order chi connectivity index (χ1) is 25.0. The number of ether oxygens (including phenoxy) is 1. The van der Waals surface area contributed by atoms with Gasteiger partial charge in [0.05, 0.1) is 16.5 Å². The molecule has 4 fully saturated rings. The van der Waals surface area contributed by atoms with Crippen LogP contribution in [0.5, 0.6) is 11.8 Å². The van der Waals surface area contributed by atoms with Gasteiger partial charge >= 0.3 is 12.0 Å². The number of hydrogen-bond donors (Lipinski definition) is 2. The number of carboxylic acid groups (broad SMARTS) is 1. The molecule has 11 nitrogen and oxygen atoms in total. The van der Waals surface area contributed by atoms with Crippen molar-refractivity contribution in [1.82, 2.24) is 24.8 Å². The number of carbonyl (C=O) groups is 2. The van der Waals surface area contributed by atoms with Crippen molar-refractivity contribution in [1.29, 1.82) is 0 Å². The van der Waals surface area contributed by atoms with Crippen LogP contribution in [0.15, 0.2) is 42.1 Å². The lowest BCUT2D eigenvalue weighted by atomic mass is 9.95. The molecular formula is C38H35F3N6O5. The van der Waals surface area contributed by atoms with Crippen LogP contribution in [-0.2, 0) is 9.59 Å². The summed E-state index contributed by atoms with van der Waals surface area (Å²) in [5.74, 6) is -0.657. The molecule has 8 rings (SSSR count). The molecule has 4 saturated heterocycles. The Kier molecular flexibility index (Phi) is 8.21. The maximum Gasteiger partial charge on any atom is 0.331 e. The van der Waals surface area contributed by atoms with Gasteiger partial charge in [-0.1, -0.05) is 12.0 Å². The number of nitrogens with zero attached hydrogens (tertiary/aromatic N) is 6. The molecule has 2 N–H and O–H groups in total. The predicted octanol–water partition coefficient (Wildman–Crippen LogP) is 4.98. The number of rotatable bonds is 7. The minimum absolute atomic E-state index is 0.0639. The van der Waals surface area contributed by atoms with Crippen LogP contribution in [0.4, 0.5) is 19.0 Å². The van der Waals surface area contributed by atoms with Crippen molar-refractivity contribution < 1.29 is 37.7 Å². The lowest BCUT2D eigenvalue weighted by Gasteiger charge is -2.41. The van der Waals surface area contributed by atoms with E-state index in [0.717, 1.165) is 25.5 Å². The molecule has 4 atom stereocenters. The number of aromatic hydroxyl groups is 1. The summed E-state index contributed by atoms with van der Waals surface area (Å²) in [7, 11) is 0. The van der Waals surface area contributed by atoms with Gasteiger partial charge in [-0.3, -0.25) is 14.7 Å². The molecule has 4 aromatic rings. The van der Waals surface area contributed by atoms with E-state index in [-0.39, 0.29) is 75.0 Å². The van der Waals surface area contributed by atoms with Crippen molar-refractivity contribution in [3.8, 4) is 35.4 Å². The number of phenolic OH excluding ortho intramolecular Hbond substituents is 1. The van der Waals surface area contributed by atoms with Crippen LogP contribution >= 0.6 is 0 Å². The maximum atomic E-state index is 17.0. The van der Waals surface area contributed by atoms with E-state index in [9.17, 15) is 28.6 Å². The number of piperazine rings is 1. The van der Waals surface area contributed by atoms with Crippen molar-refractivity contribution in [3.05, 3.63) is 59.3 Å². The third-order valence-electron chi connectivity index (χ3n) is 11.0. The SMILES string of the molecule is C#Cc1c(F)ccc2cc(O)cc(-c3ncc4c(N5CC6CCC(C5)N6C(=O)/C=C(/C)C(=O)O)nc(OC[C@@]56CCCN5C[C@H](F)C6)nc4c3F)c12. The highest BCUT2D eigenvalue weighted by Crippen LogP contribution is 2.42. The van der Waals surface area contributed by atoms with Gasteiger partial charge in [0, 0.05) is 66.9 Å². The molecule has 4 aliphatic heterocycles. The number of amides is 1. The van der Waals surface area contributed by atoms with E-state index in [2.05, 4.69) is 20.8 Å². The minimum atomic E-state index is -1.17. The molecule has 2 aromatic heterocycles. The summed E-state index contributed by atoms with van der Waals surface area (Å²) in [5, 5.41) is 20.7. The summed E-state index contributed by atoms with van der Waals surface area (Å²) in [6.45, 7) is 3.18. The van der Waals surface area contributed by atoms with Crippen LogP contribution in [0.3, 0.4) is 0 Å². The van der Waals surface area contributed by atoms with Gasteiger partial charge in [-0.2, -0.15) is 9.97 Å². The summed E-state index contributed by atoms with van der Waals surface area (Å²) >= 11 is 0. The van der Waals surface area contributed by atoms with Gasteiger partial charge in [0.15, 0.2) is 5.82 Å². The van der Waals surface area contributed by atoms with Crippen LogP contribution in [0.1, 0.15) is 44.6 Å². The van der Waals surface area contributed by atoms with Crippen molar-refractivity contribution in [2.24, 2.45) is 0 Å². The zero-order chi connectivity index (χ0) is 36.5. The average molecular weight is 713 g/mol. The first-order valence-corrected chi connectivity index (χ1v) is 17.3. The largest absolute Gasteiger partial charge is 0.508 e. The van der Waals surface area contributed by atoms with Gasteiger partial charge in [0.25, 0.3) is 0 Å². The first kappa shape index (κ1) is 33.7. The maximum absolute atomic E-state index is 17.0. The van der Waals surface area contributed by atoms with Crippen LogP contribution in [0.2, 0.25) is 0 Å². The molecule has 4 aliphatic rings. The fraction of sp³-hybridized carbons (Fsp3) is 0.395. The first-order valence-electron chi connectivity index (χ1n) is 17.3. The van der Waals surface area contributed by atoms with E-state index in [0.29, 0.717) is 50.1 Å². The van der Waals surface area contributed by atoms with Gasteiger partial charge in [-0.15, -0.1) is 6.42 Å². The number of phenols is 1. The highest BCUT2D eigenvalue weighted by Gasteiger charge is 2.49. The highest BCUT2D eigenvalue weighted by molar-refractivity contribution is 6.03. The number of terminal acetylenes is 1. The van der Waals surface area contributed by atoms with E-state index >= 15 is 4.39 Å². The summed E-state index contributed by atoms with van der Waals surface area (Å²) in [6, 6.07) is 4.64. The van der Waals surface area contributed by atoms with Gasteiger partial charge < -0.3 is 24.7 Å². The average Bonchev–Trinajstić information content (AvgIpc) is 3.73. The Morgan fingerprint density at radius 2 is 1.92 bits per heavy atom. The molecule has 0 spiro atoms. The third-order valence-corrected chi connectivity index (χ3v) is 11.0. The lowest BCUT2D eigenvalue weighted by Crippen LogP contribution is -2.55. The summed E-state index contributed by atoms with van der Waals surface area (Å²) in [6.07, 6.45) is 10.6. The van der Waals surface area contributed by atoms with E-state index in [4.69, 9.17) is 16.1 Å². The lowest BCUT2D eigenvalue weighted by molar-refractivity contribution is -0.134. The second kappa shape index (κ2) is 12.7. The fourth-order valence-electron chi connectivity index (χ4n) is 8.67. The molecule has 1 amide bonds. The minimum Gasteiger partial charge on any atom is -0.508 e. The second-order valence-corrected chi connectivity index (χ2v) is 14.2. The smallest absolute Gasteiger partial charge is 0.331 e. The fourth-order valence-corrected chi connectivity index (χ4v) is 8.67.